The van der Waals surface area contributed by atoms with E-state index < -0.39 is 0 Å². The molecule has 0 amide bonds. The van der Waals surface area contributed by atoms with E-state index in [4.69, 9.17) is 0 Å². The minimum atomic E-state index is 0.890. The van der Waals surface area contributed by atoms with Gasteiger partial charge in [0.05, 0.1) is 0 Å². The molecular weight excluding hydrogens is 238 g/mol. The quantitative estimate of drug-likeness (QED) is 0.767. The number of benzene rings is 1. The normalized spacial score (nSPS) is 10.7. The van der Waals surface area contributed by atoms with Crippen LogP contribution in [-0.2, 0) is 13.5 Å². The highest BCUT2D eigenvalue weighted by Gasteiger charge is 2.05. The smallest absolute Gasteiger partial charge is 0.0480 e. The summed E-state index contributed by atoms with van der Waals surface area (Å²) in [5.74, 6) is 0. The van der Waals surface area contributed by atoms with Crippen LogP contribution < -0.4 is 0 Å². The van der Waals surface area contributed by atoms with Crippen LogP contribution in [0.25, 0.3) is 10.9 Å². The van der Waals surface area contributed by atoms with E-state index >= 15 is 0 Å². The van der Waals surface area contributed by atoms with Crippen molar-refractivity contribution in [3.8, 4) is 0 Å². The lowest BCUT2D eigenvalue weighted by molar-refractivity contribution is 0.959. The molecule has 1 nitrogen and oxygen atoms in total. The summed E-state index contributed by atoms with van der Waals surface area (Å²) in [6, 6.07) is 8.42. The van der Waals surface area contributed by atoms with Crippen LogP contribution >= 0.6 is 15.9 Å². The second-order valence-corrected chi connectivity index (χ2v) is 4.60. The van der Waals surface area contributed by atoms with Crippen molar-refractivity contribution in [2.75, 3.05) is 0 Å². The monoisotopic (exact) mass is 249 g/mol. The van der Waals surface area contributed by atoms with Gasteiger partial charge in [0, 0.05) is 30.6 Å². The van der Waals surface area contributed by atoms with Gasteiger partial charge in [-0.1, -0.05) is 40.7 Å². The van der Waals surface area contributed by atoms with Crippen molar-refractivity contribution in [3.63, 3.8) is 0 Å². The third kappa shape index (κ3) is 1.62. The van der Waals surface area contributed by atoms with Gasteiger partial charge in [-0.3, -0.25) is 0 Å². The highest BCUT2D eigenvalue weighted by molar-refractivity contribution is 9.11. The van der Waals surface area contributed by atoms with Gasteiger partial charge in [0.25, 0.3) is 0 Å². The largest absolute Gasteiger partial charge is 0.350 e. The number of halogens is 1. The third-order valence-electron chi connectivity index (χ3n) is 2.36. The van der Waals surface area contributed by atoms with Crippen LogP contribution in [0.4, 0.5) is 0 Å². The topological polar surface area (TPSA) is 4.93 Å². The van der Waals surface area contributed by atoms with Crippen LogP contribution in [0.5, 0.6) is 0 Å². The number of rotatable bonds is 2. The second-order valence-electron chi connectivity index (χ2n) is 3.48. The van der Waals surface area contributed by atoms with Crippen molar-refractivity contribution in [3.05, 3.63) is 47.1 Å². The van der Waals surface area contributed by atoms with Crippen LogP contribution in [-0.4, -0.2) is 4.57 Å². The number of fused-ring (bicyclic) bond motifs is 1. The van der Waals surface area contributed by atoms with Crippen LogP contribution in [0.1, 0.15) is 5.56 Å². The lowest BCUT2D eigenvalue weighted by Gasteiger charge is -1.95. The van der Waals surface area contributed by atoms with E-state index in [0.29, 0.717) is 0 Å². The van der Waals surface area contributed by atoms with Crippen LogP contribution in [0.2, 0.25) is 0 Å². The Kier molecular flexibility index (Phi) is 2.46. The van der Waals surface area contributed by atoms with E-state index in [1.54, 1.807) is 0 Å². The minimum absolute atomic E-state index is 0.890. The van der Waals surface area contributed by atoms with Crippen molar-refractivity contribution in [2.24, 2.45) is 7.05 Å². The molecule has 0 unspecified atom stereocenters. The van der Waals surface area contributed by atoms with Crippen LogP contribution in [0, 0.1) is 0 Å². The van der Waals surface area contributed by atoms with E-state index in [1.165, 1.54) is 16.5 Å². The SMILES string of the molecule is C=C(Br)Cc1cn(C)c2ccccc12. The summed E-state index contributed by atoms with van der Waals surface area (Å²) in [5.41, 5.74) is 2.60. The first kappa shape index (κ1) is 9.53. The molecular formula is C12H12BrN. The number of hydrogen-bond donors (Lipinski definition) is 0. The summed E-state index contributed by atoms with van der Waals surface area (Å²) in [4.78, 5) is 0. The molecule has 0 bridgehead atoms. The molecule has 72 valence electrons. The Morgan fingerprint density at radius 2 is 2.14 bits per heavy atom. The Balaban J connectivity index is 2.60. The standard InChI is InChI=1S/C12H12BrN/c1-9(13)7-10-8-14(2)12-6-4-3-5-11(10)12/h3-6,8H,1,7H2,2H3. The van der Waals surface area contributed by atoms with Crippen molar-refractivity contribution < 1.29 is 0 Å². The Bertz CT molecular complexity index is 482. The number of nitrogens with zero attached hydrogens (tertiary/aromatic N) is 1. The van der Waals surface area contributed by atoms with Gasteiger partial charge in [-0.25, -0.2) is 0 Å². The molecule has 0 spiro atoms. The maximum absolute atomic E-state index is 3.87. The lowest BCUT2D eigenvalue weighted by atomic mass is 10.1. The molecule has 2 aromatic rings. The predicted octanol–water partition coefficient (Wildman–Crippen LogP) is 3.63. The predicted molar refractivity (Wildman–Crippen MR) is 64.7 cm³/mol. The van der Waals surface area contributed by atoms with Gasteiger partial charge in [-0.05, 0) is 16.1 Å². The second kappa shape index (κ2) is 3.62. The zero-order chi connectivity index (χ0) is 10.1. The van der Waals surface area contributed by atoms with E-state index in [1.807, 2.05) is 0 Å². The number of aryl methyl sites for hydroxylation is 1. The molecule has 0 fully saturated rings. The zero-order valence-corrected chi connectivity index (χ0v) is 9.71. The number of para-hydroxylation sites is 1. The number of allylic oxidation sites excluding steroid dienone is 1. The Hall–Kier alpha value is -1.02. The molecule has 0 aliphatic rings. The van der Waals surface area contributed by atoms with E-state index in [2.05, 4.69) is 64.6 Å². The minimum Gasteiger partial charge on any atom is -0.350 e. The first-order valence-corrected chi connectivity index (χ1v) is 5.34. The number of aromatic nitrogens is 1. The van der Waals surface area contributed by atoms with Crippen molar-refractivity contribution in [2.45, 2.75) is 6.42 Å². The van der Waals surface area contributed by atoms with Gasteiger partial charge < -0.3 is 4.57 Å². The fourth-order valence-electron chi connectivity index (χ4n) is 1.77. The summed E-state index contributed by atoms with van der Waals surface area (Å²) in [6.45, 7) is 3.87. The highest BCUT2D eigenvalue weighted by Crippen LogP contribution is 2.23. The molecule has 0 saturated carbocycles. The zero-order valence-electron chi connectivity index (χ0n) is 8.13. The molecule has 0 N–H and O–H groups in total. The lowest BCUT2D eigenvalue weighted by Crippen LogP contribution is -1.82. The Morgan fingerprint density at radius 1 is 1.43 bits per heavy atom. The van der Waals surface area contributed by atoms with E-state index in [0.717, 1.165) is 10.9 Å². The van der Waals surface area contributed by atoms with Gasteiger partial charge >= 0.3 is 0 Å². The third-order valence-corrected chi connectivity index (χ3v) is 2.64. The highest BCUT2D eigenvalue weighted by atomic mass is 79.9. The molecule has 14 heavy (non-hydrogen) atoms. The summed E-state index contributed by atoms with van der Waals surface area (Å²) in [5, 5.41) is 1.32. The molecule has 2 heteroatoms. The van der Waals surface area contributed by atoms with Gasteiger partial charge in [-0.15, -0.1) is 0 Å². The molecule has 0 saturated heterocycles. The molecule has 0 atom stereocenters. The van der Waals surface area contributed by atoms with Gasteiger partial charge in [-0.2, -0.15) is 0 Å². The fourth-order valence-corrected chi connectivity index (χ4v) is 2.08. The van der Waals surface area contributed by atoms with Gasteiger partial charge in [0.15, 0.2) is 0 Å². The van der Waals surface area contributed by atoms with Crippen LogP contribution in [0.15, 0.2) is 41.5 Å². The molecule has 1 aromatic carbocycles. The Labute approximate surface area is 92.2 Å². The molecule has 0 radical (unpaired) electrons. The first-order chi connectivity index (χ1) is 6.68. The molecule has 2 rings (SSSR count). The van der Waals surface area contributed by atoms with Crippen molar-refractivity contribution >= 4 is 26.8 Å². The van der Waals surface area contributed by atoms with Gasteiger partial charge in [0.1, 0.15) is 0 Å². The fraction of sp³-hybridized carbons (Fsp3) is 0.167. The first-order valence-electron chi connectivity index (χ1n) is 4.54. The summed E-state index contributed by atoms with van der Waals surface area (Å²) < 4.78 is 3.18. The molecule has 1 aromatic heterocycles. The van der Waals surface area contributed by atoms with Crippen LogP contribution in [0.3, 0.4) is 0 Å². The van der Waals surface area contributed by atoms with E-state index in [-0.39, 0.29) is 0 Å². The van der Waals surface area contributed by atoms with E-state index in [9.17, 15) is 0 Å². The summed E-state index contributed by atoms with van der Waals surface area (Å²) in [7, 11) is 2.07. The maximum atomic E-state index is 3.87. The van der Waals surface area contributed by atoms with Crippen molar-refractivity contribution in [1.82, 2.24) is 4.57 Å². The summed E-state index contributed by atoms with van der Waals surface area (Å²) in [6.07, 6.45) is 3.05. The maximum Gasteiger partial charge on any atom is 0.0480 e. The molecule has 0 aliphatic carbocycles. The van der Waals surface area contributed by atoms with Gasteiger partial charge in [0.2, 0.25) is 0 Å². The average Bonchev–Trinajstić information content (AvgIpc) is 2.44. The van der Waals surface area contributed by atoms with Crippen molar-refractivity contribution in [1.29, 1.82) is 0 Å². The average molecular weight is 250 g/mol. The Morgan fingerprint density at radius 3 is 2.86 bits per heavy atom. The molecule has 1 heterocycles. The summed E-state index contributed by atoms with van der Waals surface area (Å²) >= 11 is 3.40. The molecule has 0 aliphatic heterocycles. The number of hydrogen-bond acceptors (Lipinski definition) is 0.